The Morgan fingerprint density at radius 3 is 2.43 bits per heavy atom. The SMILES string of the molecule is OC(CNC1CC1)CC1CCCCC1. The molecule has 2 heteroatoms. The molecule has 0 bridgehead atoms. The van der Waals surface area contributed by atoms with Crippen LogP contribution in [0.15, 0.2) is 0 Å². The number of aliphatic hydroxyl groups excluding tert-OH is 1. The van der Waals surface area contributed by atoms with Crippen molar-refractivity contribution >= 4 is 0 Å². The molecule has 0 aliphatic heterocycles. The number of hydrogen-bond acceptors (Lipinski definition) is 2. The van der Waals surface area contributed by atoms with Crippen LogP contribution in [0.2, 0.25) is 0 Å². The minimum absolute atomic E-state index is 0.0984. The predicted octanol–water partition coefficient (Wildman–Crippen LogP) is 2.07. The van der Waals surface area contributed by atoms with E-state index in [1.54, 1.807) is 0 Å². The van der Waals surface area contributed by atoms with E-state index in [-0.39, 0.29) is 6.10 Å². The molecule has 2 aliphatic carbocycles. The lowest BCUT2D eigenvalue weighted by atomic mass is 9.85. The summed E-state index contributed by atoms with van der Waals surface area (Å²) in [4.78, 5) is 0. The van der Waals surface area contributed by atoms with E-state index in [2.05, 4.69) is 5.32 Å². The Hall–Kier alpha value is -0.0800. The average Bonchev–Trinajstić information content (AvgIpc) is 3.00. The molecule has 0 spiro atoms. The Bertz CT molecular complexity index is 162. The summed E-state index contributed by atoms with van der Waals surface area (Å²) in [5, 5.41) is 13.2. The van der Waals surface area contributed by atoms with E-state index in [9.17, 15) is 5.11 Å². The van der Waals surface area contributed by atoms with Gasteiger partial charge in [0.15, 0.2) is 0 Å². The van der Waals surface area contributed by atoms with Crippen molar-refractivity contribution in [3.05, 3.63) is 0 Å². The molecular formula is C12H23NO. The summed E-state index contributed by atoms with van der Waals surface area (Å²) in [6.45, 7) is 0.821. The van der Waals surface area contributed by atoms with E-state index in [4.69, 9.17) is 0 Å². The van der Waals surface area contributed by atoms with Gasteiger partial charge in [-0.2, -0.15) is 0 Å². The second-order valence-electron chi connectivity index (χ2n) is 5.08. The summed E-state index contributed by atoms with van der Waals surface area (Å²) < 4.78 is 0. The van der Waals surface area contributed by atoms with Crippen LogP contribution < -0.4 is 5.32 Å². The average molecular weight is 197 g/mol. The molecule has 82 valence electrons. The molecule has 14 heavy (non-hydrogen) atoms. The predicted molar refractivity (Wildman–Crippen MR) is 58.2 cm³/mol. The van der Waals surface area contributed by atoms with Crippen LogP contribution in [0.1, 0.15) is 51.4 Å². The van der Waals surface area contributed by atoms with Gasteiger partial charge in [-0.05, 0) is 25.2 Å². The van der Waals surface area contributed by atoms with Crippen molar-refractivity contribution in [1.29, 1.82) is 0 Å². The van der Waals surface area contributed by atoms with Gasteiger partial charge in [0.25, 0.3) is 0 Å². The summed E-state index contributed by atoms with van der Waals surface area (Å²) in [7, 11) is 0. The first-order valence-corrected chi connectivity index (χ1v) is 6.26. The quantitative estimate of drug-likeness (QED) is 0.707. The molecule has 2 saturated carbocycles. The van der Waals surface area contributed by atoms with Gasteiger partial charge in [0.05, 0.1) is 6.10 Å². The topological polar surface area (TPSA) is 32.3 Å². The molecule has 0 amide bonds. The molecular weight excluding hydrogens is 174 g/mol. The second kappa shape index (κ2) is 5.13. The zero-order valence-electron chi connectivity index (χ0n) is 9.04. The van der Waals surface area contributed by atoms with Gasteiger partial charge in [0.2, 0.25) is 0 Å². The molecule has 0 aromatic carbocycles. The molecule has 0 saturated heterocycles. The van der Waals surface area contributed by atoms with Gasteiger partial charge in [-0.15, -0.1) is 0 Å². The Kier molecular flexibility index (Phi) is 3.82. The van der Waals surface area contributed by atoms with Crippen LogP contribution in [0.3, 0.4) is 0 Å². The fourth-order valence-electron chi connectivity index (χ4n) is 2.48. The van der Waals surface area contributed by atoms with Gasteiger partial charge in [0, 0.05) is 12.6 Å². The third-order valence-corrected chi connectivity index (χ3v) is 3.55. The summed E-state index contributed by atoms with van der Waals surface area (Å²) in [5.74, 6) is 0.805. The molecule has 0 heterocycles. The zero-order valence-corrected chi connectivity index (χ0v) is 9.04. The standard InChI is InChI=1S/C12H23NO/c14-12(9-13-11-6-7-11)8-10-4-2-1-3-5-10/h10-14H,1-9H2. The van der Waals surface area contributed by atoms with Crippen molar-refractivity contribution in [2.45, 2.75) is 63.5 Å². The number of rotatable bonds is 5. The largest absolute Gasteiger partial charge is 0.392 e. The van der Waals surface area contributed by atoms with Crippen molar-refractivity contribution in [3.8, 4) is 0 Å². The van der Waals surface area contributed by atoms with Crippen molar-refractivity contribution in [3.63, 3.8) is 0 Å². The van der Waals surface area contributed by atoms with Gasteiger partial charge in [-0.25, -0.2) is 0 Å². The van der Waals surface area contributed by atoms with Crippen molar-refractivity contribution in [2.24, 2.45) is 5.92 Å². The highest BCUT2D eigenvalue weighted by Gasteiger charge is 2.22. The Labute approximate surface area is 87.1 Å². The van der Waals surface area contributed by atoms with Gasteiger partial charge in [0.1, 0.15) is 0 Å². The fourth-order valence-corrected chi connectivity index (χ4v) is 2.48. The van der Waals surface area contributed by atoms with Gasteiger partial charge in [-0.3, -0.25) is 0 Å². The van der Waals surface area contributed by atoms with E-state index in [0.717, 1.165) is 24.9 Å². The normalized spacial score (nSPS) is 26.4. The van der Waals surface area contributed by atoms with Crippen LogP contribution >= 0.6 is 0 Å². The maximum Gasteiger partial charge on any atom is 0.0667 e. The monoisotopic (exact) mass is 197 g/mol. The highest BCUT2D eigenvalue weighted by atomic mass is 16.3. The van der Waals surface area contributed by atoms with Crippen molar-refractivity contribution < 1.29 is 5.11 Å². The van der Waals surface area contributed by atoms with Crippen LogP contribution in [0.5, 0.6) is 0 Å². The van der Waals surface area contributed by atoms with Crippen LogP contribution in [0.4, 0.5) is 0 Å². The molecule has 1 unspecified atom stereocenters. The lowest BCUT2D eigenvalue weighted by Crippen LogP contribution is -2.30. The van der Waals surface area contributed by atoms with E-state index in [1.807, 2.05) is 0 Å². The van der Waals surface area contributed by atoms with Crippen LogP contribution in [-0.2, 0) is 0 Å². The molecule has 2 aliphatic rings. The highest BCUT2D eigenvalue weighted by molar-refractivity contribution is 4.82. The number of nitrogens with one attached hydrogen (secondary N) is 1. The van der Waals surface area contributed by atoms with Crippen LogP contribution in [-0.4, -0.2) is 23.8 Å². The van der Waals surface area contributed by atoms with Crippen LogP contribution in [0, 0.1) is 5.92 Å². The summed E-state index contributed by atoms with van der Waals surface area (Å²) in [5.41, 5.74) is 0. The van der Waals surface area contributed by atoms with Gasteiger partial charge >= 0.3 is 0 Å². The molecule has 0 aromatic rings. The molecule has 0 radical (unpaired) electrons. The lowest BCUT2D eigenvalue weighted by molar-refractivity contribution is 0.128. The van der Waals surface area contributed by atoms with E-state index in [1.165, 1.54) is 44.9 Å². The first-order valence-electron chi connectivity index (χ1n) is 6.26. The molecule has 2 N–H and O–H groups in total. The lowest BCUT2D eigenvalue weighted by Gasteiger charge is -2.24. The summed E-state index contributed by atoms with van der Waals surface area (Å²) >= 11 is 0. The minimum Gasteiger partial charge on any atom is -0.392 e. The second-order valence-corrected chi connectivity index (χ2v) is 5.08. The Morgan fingerprint density at radius 2 is 1.79 bits per heavy atom. The maximum absolute atomic E-state index is 9.82. The molecule has 0 aromatic heterocycles. The first-order chi connectivity index (χ1) is 6.84. The summed E-state index contributed by atoms with van der Waals surface area (Å²) in [6, 6.07) is 0.732. The van der Waals surface area contributed by atoms with E-state index < -0.39 is 0 Å². The third kappa shape index (κ3) is 3.58. The summed E-state index contributed by atoms with van der Waals surface area (Å²) in [6.07, 6.45) is 10.4. The molecule has 2 rings (SSSR count). The fraction of sp³-hybridized carbons (Fsp3) is 1.00. The van der Waals surface area contributed by atoms with Crippen molar-refractivity contribution in [1.82, 2.24) is 5.32 Å². The Balaban J connectivity index is 1.57. The van der Waals surface area contributed by atoms with E-state index >= 15 is 0 Å². The van der Waals surface area contributed by atoms with Gasteiger partial charge < -0.3 is 10.4 Å². The third-order valence-electron chi connectivity index (χ3n) is 3.55. The van der Waals surface area contributed by atoms with Crippen LogP contribution in [0.25, 0.3) is 0 Å². The zero-order chi connectivity index (χ0) is 9.80. The molecule has 2 fully saturated rings. The molecule has 1 atom stereocenters. The Morgan fingerprint density at radius 1 is 1.07 bits per heavy atom. The first kappa shape index (κ1) is 10.4. The molecule has 2 nitrogen and oxygen atoms in total. The van der Waals surface area contributed by atoms with Crippen molar-refractivity contribution in [2.75, 3.05) is 6.54 Å². The number of aliphatic hydroxyl groups is 1. The number of hydrogen-bond donors (Lipinski definition) is 2. The highest BCUT2D eigenvalue weighted by Crippen LogP contribution is 2.27. The van der Waals surface area contributed by atoms with Gasteiger partial charge in [-0.1, -0.05) is 32.1 Å². The maximum atomic E-state index is 9.82. The minimum atomic E-state index is -0.0984. The van der Waals surface area contributed by atoms with E-state index in [0.29, 0.717) is 0 Å². The smallest absolute Gasteiger partial charge is 0.0667 e.